The molecule has 0 aromatic heterocycles. The van der Waals surface area contributed by atoms with Gasteiger partial charge in [0.05, 0.1) is 0 Å². The van der Waals surface area contributed by atoms with Gasteiger partial charge in [0.1, 0.15) is 0 Å². The molecule has 0 heterocycles. The van der Waals surface area contributed by atoms with Crippen LogP contribution in [0.2, 0.25) is 0 Å². The Bertz CT molecular complexity index is 116. The largest absolute Gasteiger partial charge is 3.00 e. The molecule has 12 heavy (non-hydrogen) atoms. The summed E-state index contributed by atoms with van der Waals surface area (Å²) in [5, 5.41) is 0. The number of allylic oxidation sites excluding steroid dienone is 6. The number of hydrogen-bond acceptors (Lipinski definition) is 0. The van der Waals surface area contributed by atoms with E-state index in [4.69, 9.17) is 0 Å². The zero-order valence-electron chi connectivity index (χ0n) is 7.42. The van der Waals surface area contributed by atoms with Gasteiger partial charge in [-0.15, -0.1) is 6.42 Å². The van der Waals surface area contributed by atoms with E-state index in [1.807, 2.05) is 12.2 Å². The molecule has 0 aromatic rings. The maximum absolute atomic E-state index is 3.25. The zero-order chi connectivity index (χ0) is 8.95. The number of rotatable bonds is 0. The summed E-state index contributed by atoms with van der Waals surface area (Å²) in [6.45, 7) is 13.0. The Morgan fingerprint density at radius 3 is 1.75 bits per heavy atom. The first-order chi connectivity index (χ1) is 5.33. The first-order valence-corrected chi connectivity index (χ1v) is 3.35. The summed E-state index contributed by atoms with van der Waals surface area (Å²) >= 11 is 0. The second-order valence-corrected chi connectivity index (χ2v) is 1.58. The van der Waals surface area contributed by atoms with E-state index in [0.717, 1.165) is 6.42 Å². The van der Waals surface area contributed by atoms with Crippen molar-refractivity contribution in [2.24, 2.45) is 0 Å². The Morgan fingerprint density at radius 2 is 1.67 bits per heavy atom. The molecule has 0 bridgehead atoms. The zero-order valence-corrected chi connectivity index (χ0v) is 9.88. The van der Waals surface area contributed by atoms with E-state index in [2.05, 4.69) is 39.2 Å². The maximum Gasteiger partial charge on any atom is 3.00 e. The van der Waals surface area contributed by atoms with Gasteiger partial charge in [0.25, 0.3) is 0 Å². The van der Waals surface area contributed by atoms with Gasteiger partial charge >= 0.3 is 26.2 Å². The average molecular weight is 238 g/mol. The van der Waals surface area contributed by atoms with E-state index < -0.39 is 0 Å². The molecule has 0 spiro atoms. The third-order valence-corrected chi connectivity index (χ3v) is 0.586. The predicted molar refractivity (Wildman–Crippen MR) is 52.7 cm³/mol. The molecule has 0 aromatic carbocycles. The van der Waals surface area contributed by atoms with Crippen molar-refractivity contribution in [1.29, 1.82) is 0 Å². The molecule has 1 rings (SSSR count). The van der Waals surface area contributed by atoms with E-state index in [1.165, 1.54) is 12.2 Å². The van der Waals surface area contributed by atoms with Crippen molar-refractivity contribution in [3.05, 3.63) is 63.5 Å². The van der Waals surface area contributed by atoms with Gasteiger partial charge in [-0.25, -0.2) is 51.3 Å². The Labute approximate surface area is 95.9 Å². The summed E-state index contributed by atoms with van der Waals surface area (Å²) in [5.74, 6) is 0. The van der Waals surface area contributed by atoms with E-state index in [9.17, 15) is 0 Å². The Morgan fingerprint density at radius 1 is 1.25 bits per heavy atom. The molecule has 1 radical (unpaired) electrons. The van der Waals surface area contributed by atoms with Crippen LogP contribution >= 0.6 is 0 Å². The average Bonchev–Trinajstić information content (AvgIpc) is 2.44. The van der Waals surface area contributed by atoms with Crippen LogP contribution in [-0.4, -0.2) is 0 Å². The molecule has 0 unspecified atom stereocenters. The Kier molecular flexibility index (Phi) is 32.9. The van der Waals surface area contributed by atoms with Gasteiger partial charge in [-0.1, -0.05) is 0 Å². The van der Waals surface area contributed by atoms with Crippen molar-refractivity contribution in [2.75, 3.05) is 0 Å². The molecule has 0 N–H and O–H groups in total. The third-order valence-electron chi connectivity index (χ3n) is 0.586. The fourth-order valence-corrected chi connectivity index (χ4v) is 0.340. The third kappa shape index (κ3) is 33.6. The van der Waals surface area contributed by atoms with E-state index in [0.29, 0.717) is 0 Å². The molecule has 63 valence electrons. The molecule has 1 heteroatoms. The Hall–Kier alpha value is -0.417. The normalized spacial score (nSPS) is 9.33. The van der Waals surface area contributed by atoms with Gasteiger partial charge in [0.2, 0.25) is 0 Å². The van der Waals surface area contributed by atoms with Gasteiger partial charge in [-0.3, -0.25) is 6.08 Å². The molecule has 0 saturated heterocycles. The Balaban J connectivity index is -0.000000104. The summed E-state index contributed by atoms with van der Waals surface area (Å²) in [6.07, 6.45) is 13.0. The van der Waals surface area contributed by atoms with Gasteiger partial charge in [0, 0.05) is 0 Å². The van der Waals surface area contributed by atoms with Crippen LogP contribution in [0, 0.1) is 19.9 Å². The van der Waals surface area contributed by atoms with Gasteiger partial charge in [-0.05, 0) is 0 Å². The summed E-state index contributed by atoms with van der Waals surface area (Å²) in [5.41, 5.74) is 0. The van der Waals surface area contributed by atoms with E-state index in [1.54, 1.807) is 0 Å². The van der Waals surface area contributed by atoms with Gasteiger partial charge in [0.15, 0.2) is 0 Å². The summed E-state index contributed by atoms with van der Waals surface area (Å²) in [4.78, 5) is 0. The first kappa shape index (κ1) is 17.6. The van der Waals surface area contributed by atoms with Crippen LogP contribution in [0.1, 0.15) is 6.42 Å². The van der Waals surface area contributed by atoms with Crippen LogP contribution < -0.4 is 0 Å². The molecule has 1 aliphatic rings. The standard InChI is InChI=1S/C5H5.2C3H5.Zr/c1-2-4-5-3-1;2*1-3-2;/h1-3H,4H2;2*3H,1-2H2;/q3*-1;+3. The van der Waals surface area contributed by atoms with Gasteiger partial charge in [-0.2, -0.15) is 6.08 Å². The molecule has 1 aliphatic carbocycles. The smallest absolute Gasteiger partial charge is 0.273 e. The van der Waals surface area contributed by atoms with E-state index >= 15 is 0 Å². The quantitative estimate of drug-likeness (QED) is 0.568. The molecule has 0 nitrogen and oxygen atoms in total. The van der Waals surface area contributed by atoms with Crippen LogP contribution in [-0.2, 0) is 26.2 Å². The van der Waals surface area contributed by atoms with Crippen molar-refractivity contribution < 1.29 is 26.2 Å². The minimum atomic E-state index is 0. The van der Waals surface area contributed by atoms with Crippen LogP contribution in [0.4, 0.5) is 0 Å². The molecule has 0 fully saturated rings. The van der Waals surface area contributed by atoms with Gasteiger partial charge < -0.3 is 0 Å². The van der Waals surface area contributed by atoms with Crippen LogP contribution in [0.15, 0.2) is 43.5 Å². The fraction of sp³-hybridized carbons (Fsp3) is 0.0909. The first-order valence-electron chi connectivity index (χ1n) is 3.35. The summed E-state index contributed by atoms with van der Waals surface area (Å²) < 4.78 is 0. The van der Waals surface area contributed by atoms with Crippen LogP contribution in [0.25, 0.3) is 0 Å². The minimum Gasteiger partial charge on any atom is -0.273 e. The van der Waals surface area contributed by atoms with Crippen molar-refractivity contribution >= 4 is 0 Å². The molecular weight excluding hydrogens is 223 g/mol. The molecule has 0 aliphatic heterocycles. The molecular formula is C11H15Zr. The molecule has 0 amide bonds. The van der Waals surface area contributed by atoms with Crippen LogP contribution in [0.5, 0.6) is 0 Å². The van der Waals surface area contributed by atoms with Crippen molar-refractivity contribution in [1.82, 2.24) is 0 Å². The molecule has 0 saturated carbocycles. The minimum absolute atomic E-state index is 0. The second kappa shape index (κ2) is 22.4. The SMILES string of the molecule is C=C[CH2-].C=C[CH2-].[C-]1=CC=CC1.[Zr+3]. The topological polar surface area (TPSA) is 0 Å². The predicted octanol–water partition coefficient (Wildman–Crippen LogP) is 3.32. The van der Waals surface area contributed by atoms with Crippen molar-refractivity contribution in [3.8, 4) is 0 Å². The van der Waals surface area contributed by atoms with Crippen molar-refractivity contribution in [3.63, 3.8) is 0 Å². The number of hydrogen-bond donors (Lipinski definition) is 0. The molecule has 0 atom stereocenters. The monoisotopic (exact) mass is 237 g/mol. The summed E-state index contributed by atoms with van der Waals surface area (Å²) in [7, 11) is 0. The summed E-state index contributed by atoms with van der Waals surface area (Å²) in [6, 6.07) is 0. The maximum atomic E-state index is 3.25. The van der Waals surface area contributed by atoms with E-state index in [-0.39, 0.29) is 26.2 Å². The fourth-order valence-electron chi connectivity index (χ4n) is 0.340. The van der Waals surface area contributed by atoms with Crippen LogP contribution in [0.3, 0.4) is 0 Å². The second-order valence-electron chi connectivity index (χ2n) is 1.58. The van der Waals surface area contributed by atoms with Crippen molar-refractivity contribution in [2.45, 2.75) is 6.42 Å².